The van der Waals surface area contributed by atoms with E-state index in [1.807, 2.05) is 6.07 Å². The lowest BCUT2D eigenvalue weighted by atomic mass is 10.2. The monoisotopic (exact) mass is 293 g/mol. The Labute approximate surface area is 124 Å². The van der Waals surface area contributed by atoms with Gasteiger partial charge < -0.3 is 26.0 Å². The van der Waals surface area contributed by atoms with Gasteiger partial charge in [-0.05, 0) is 25.0 Å². The SMILES string of the molecule is OCC(O)CN=C(Nc1cccc(O)c1)NC1CCCC1. The van der Waals surface area contributed by atoms with E-state index in [9.17, 15) is 10.2 Å². The van der Waals surface area contributed by atoms with Crippen LogP contribution in [0.1, 0.15) is 25.7 Å². The molecular formula is C15H23N3O3. The number of rotatable bonds is 5. The largest absolute Gasteiger partial charge is 0.508 e. The van der Waals surface area contributed by atoms with Gasteiger partial charge in [-0.3, -0.25) is 4.99 Å². The highest BCUT2D eigenvalue weighted by Crippen LogP contribution is 2.19. The highest BCUT2D eigenvalue weighted by atomic mass is 16.3. The number of hydrogen-bond acceptors (Lipinski definition) is 4. The van der Waals surface area contributed by atoms with Crippen molar-refractivity contribution in [3.05, 3.63) is 24.3 Å². The molecule has 0 aliphatic heterocycles. The Morgan fingerprint density at radius 1 is 1.33 bits per heavy atom. The molecule has 0 heterocycles. The van der Waals surface area contributed by atoms with Gasteiger partial charge in [0, 0.05) is 17.8 Å². The number of nitrogens with one attached hydrogen (secondary N) is 2. The second-order valence-corrected chi connectivity index (χ2v) is 5.33. The summed E-state index contributed by atoms with van der Waals surface area (Å²) in [6, 6.07) is 7.15. The van der Waals surface area contributed by atoms with Gasteiger partial charge >= 0.3 is 0 Å². The topological polar surface area (TPSA) is 97.1 Å². The van der Waals surface area contributed by atoms with Gasteiger partial charge in [0.1, 0.15) is 5.75 Å². The molecule has 21 heavy (non-hydrogen) atoms. The van der Waals surface area contributed by atoms with Gasteiger partial charge in [-0.25, -0.2) is 0 Å². The average molecular weight is 293 g/mol. The van der Waals surface area contributed by atoms with E-state index in [0.717, 1.165) is 18.5 Å². The number of anilines is 1. The molecule has 6 heteroatoms. The molecular weight excluding hydrogens is 270 g/mol. The molecule has 0 radical (unpaired) electrons. The first kappa shape index (κ1) is 15.6. The Bertz CT molecular complexity index is 473. The number of hydrogen-bond donors (Lipinski definition) is 5. The molecule has 1 aromatic carbocycles. The van der Waals surface area contributed by atoms with Crippen LogP contribution in [0.2, 0.25) is 0 Å². The summed E-state index contributed by atoms with van der Waals surface area (Å²) in [5.41, 5.74) is 0.720. The van der Waals surface area contributed by atoms with Gasteiger partial charge in [0.15, 0.2) is 5.96 Å². The molecule has 1 unspecified atom stereocenters. The van der Waals surface area contributed by atoms with Gasteiger partial charge in [-0.15, -0.1) is 0 Å². The lowest BCUT2D eigenvalue weighted by Gasteiger charge is -2.18. The van der Waals surface area contributed by atoms with Crippen LogP contribution in [-0.4, -0.2) is 46.6 Å². The molecule has 5 N–H and O–H groups in total. The lowest BCUT2D eigenvalue weighted by molar-refractivity contribution is 0.102. The van der Waals surface area contributed by atoms with E-state index in [-0.39, 0.29) is 18.9 Å². The maximum Gasteiger partial charge on any atom is 0.196 e. The average Bonchev–Trinajstić information content (AvgIpc) is 2.97. The fourth-order valence-corrected chi connectivity index (χ4v) is 2.36. The second-order valence-electron chi connectivity index (χ2n) is 5.33. The maximum absolute atomic E-state index is 9.49. The van der Waals surface area contributed by atoms with Crippen LogP contribution in [0.25, 0.3) is 0 Å². The number of benzene rings is 1. The fraction of sp³-hybridized carbons (Fsp3) is 0.533. The summed E-state index contributed by atoms with van der Waals surface area (Å²) in [7, 11) is 0. The van der Waals surface area contributed by atoms with E-state index in [1.165, 1.54) is 12.8 Å². The molecule has 6 nitrogen and oxygen atoms in total. The minimum Gasteiger partial charge on any atom is -0.508 e. The number of aliphatic hydroxyl groups is 2. The van der Waals surface area contributed by atoms with E-state index in [0.29, 0.717) is 12.0 Å². The van der Waals surface area contributed by atoms with Crippen molar-refractivity contribution in [2.24, 2.45) is 4.99 Å². The van der Waals surface area contributed by atoms with E-state index < -0.39 is 6.10 Å². The third kappa shape index (κ3) is 5.24. The second kappa shape index (κ2) is 7.85. The Hall–Kier alpha value is -1.79. The summed E-state index contributed by atoms with van der Waals surface area (Å²) in [5, 5.41) is 34.2. The van der Waals surface area contributed by atoms with E-state index in [2.05, 4.69) is 15.6 Å². The van der Waals surface area contributed by atoms with Crippen LogP contribution >= 0.6 is 0 Å². The number of phenols is 1. The van der Waals surface area contributed by atoms with Crippen LogP contribution < -0.4 is 10.6 Å². The number of aliphatic imine (C=N–C) groups is 1. The van der Waals surface area contributed by atoms with Crippen molar-refractivity contribution in [2.75, 3.05) is 18.5 Å². The van der Waals surface area contributed by atoms with Crippen molar-refractivity contribution in [3.8, 4) is 5.75 Å². The van der Waals surface area contributed by atoms with Crippen LogP contribution in [0.4, 0.5) is 5.69 Å². The standard InChI is InChI=1S/C15H23N3O3/c19-10-14(21)9-16-15(17-11-4-1-2-5-11)18-12-6-3-7-13(20)8-12/h3,6-8,11,14,19-21H,1-2,4-5,9-10H2,(H2,16,17,18). The third-order valence-corrected chi connectivity index (χ3v) is 3.48. The molecule has 1 atom stereocenters. The number of nitrogens with zero attached hydrogens (tertiary/aromatic N) is 1. The molecule has 1 saturated carbocycles. The van der Waals surface area contributed by atoms with Crippen molar-refractivity contribution in [2.45, 2.75) is 37.8 Å². The van der Waals surface area contributed by atoms with Crippen LogP contribution in [0.5, 0.6) is 5.75 Å². The van der Waals surface area contributed by atoms with Gasteiger partial charge in [0.25, 0.3) is 0 Å². The van der Waals surface area contributed by atoms with E-state index >= 15 is 0 Å². The summed E-state index contributed by atoms with van der Waals surface area (Å²) in [5.74, 6) is 0.732. The summed E-state index contributed by atoms with van der Waals surface area (Å²) >= 11 is 0. The molecule has 0 bridgehead atoms. The zero-order valence-corrected chi connectivity index (χ0v) is 12.0. The molecule has 2 rings (SSSR count). The van der Waals surface area contributed by atoms with Crippen LogP contribution in [-0.2, 0) is 0 Å². The minimum absolute atomic E-state index is 0.122. The Balaban J connectivity index is 2.02. The summed E-state index contributed by atoms with van der Waals surface area (Å²) in [6.07, 6.45) is 3.75. The quantitative estimate of drug-likeness (QED) is 0.413. The van der Waals surface area contributed by atoms with E-state index in [4.69, 9.17) is 5.11 Å². The molecule has 0 saturated heterocycles. The first-order chi connectivity index (χ1) is 10.2. The summed E-state index contributed by atoms with van der Waals surface area (Å²) in [6.45, 7) is -0.191. The molecule has 1 aromatic rings. The van der Waals surface area contributed by atoms with Crippen molar-refractivity contribution in [1.82, 2.24) is 5.32 Å². The van der Waals surface area contributed by atoms with Crippen molar-refractivity contribution >= 4 is 11.6 Å². The Morgan fingerprint density at radius 3 is 2.76 bits per heavy atom. The number of aliphatic hydroxyl groups excluding tert-OH is 2. The highest BCUT2D eigenvalue weighted by Gasteiger charge is 2.16. The van der Waals surface area contributed by atoms with Crippen LogP contribution in [0.15, 0.2) is 29.3 Å². The zero-order chi connectivity index (χ0) is 15.1. The van der Waals surface area contributed by atoms with Gasteiger partial charge in [-0.1, -0.05) is 18.9 Å². The Kier molecular flexibility index (Phi) is 5.83. The highest BCUT2D eigenvalue weighted by molar-refractivity contribution is 5.94. The lowest BCUT2D eigenvalue weighted by Crippen LogP contribution is -2.38. The van der Waals surface area contributed by atoms with Crippen LogP contribution in [0, 0.1) is 0 Å². The minimum atomic E-state index is -0.864. The molecule has 1 aliphatic rings. The van der Waals surface area contributed by atoms with Gasteiger partial charge in [0.05, 0.1) is 19.3 Å². The number of phenolic OH excluding ortho intramolecular Hbond substituents is 1. The predicted molar refractivity (Wildman–Crippen MR) is 82.5 cm³/mol. The maximum atomic E-state index is 9.49. The predicted octanol–water partition coefficient (Wildman–Crippen LogP) is 1.05. The molecule has 0 aromatic heterocycles. The van der Waals surface area contributed by atoms with Crippen molar-refractivity contribution < 1.29 is 15.3 Å². The smallest absolute Gasteiger partial charge is 0.196 e. The first-order valence-electron chi connectivity index (χ1n) is 7.33. The Morgan fingerprint density at radius 2 is 2.10 bits per heavy atom. The first-order valence-corrected chi connectivity index (χ1v) is 7.33. The van der Waals surface area contributed by atoms with E-state index in [1.54, 1.807) is 18.2 Å². The molecule has 1 fully saturated rings. The third-order valence-electron chi connectivity index (χ3n) is 3.48. The molecule has 1 aliphatic carbocycles. The van der Waals surface area contributed by atoms with Crippen molar-refractivity contribution in [1.29, 1.82) is 0 Å². The summed E-state index contributed by atoms with van der Waals surface area (Å²) in [4.78, 5) is 4.29. The van der Waals surface area contributed by atoms with Crippen molar-refractivity contribution in [3.63, 3.8) is 0 Å². The number of aromatic hydroxyl groups is 1. The number of guanidine groups is 1. The van der Waals surface area contributed by atoms with Gasteiger partial charge in [0.2, 0.25) is 0 Å². The fourth-order valence-electron chi connectivity index (χ4n) is 2.36. The summed E-state index contributed by atoms with van der Waals surface area (Å²) < 4.78 is 0. The zero-order valence-electron chi connectivity index (χ0n) is 12.0. The van der Waals surface area contributed by atoms with Crippen LogP contribution in [0.3, 0.4) is 0 Å². The molecule has 0 amide bonds. The van der Waals surface area contributed by atoms with Gasteiger partial charge in [-0.2, -0.15) is 0 Å². The molecule has 116 valence electrons. The molecule has 0 spiro atoms. The normalized spacial score (nSPS) is 17.7.